The third-order valence-electron chi connectivity index (χ3n) is 6.37. The minimum absolute atomic E-state index is 0.0294. The SMILES string of the molecule is Cc1nc2c(F)cc(-c3nc(Nc4ccc([C@H](O)[C@H]5CCNC5)cn4)ncc3F)cc2n1C(C)C. The number of hydrogen-bond acceptors (Lipinski definition) is 7. The highest BCUT2D eigenvalue weighted by Gasteiger charge is 2.24. The second kappa shape index (κ2) is 9.27. The molecule has 35 heavy (non-hydrogen) atoms. The second-order valence-electron chi connectivity index (χ2n) is 9.14. The third-order valence-corrected chi connectivity index (χ3v) is 6.37. The Morgan fingerprint density at radius 3 is 2.63 bits per heavy atom. The van der Waals surface area contributed by atoms with Crippen molar-refractivity contribution >= 4 is 22.8 Å². The van der Waals surface area contributed by atoms with Gasteiger partial charge in [-0.1, -0.05) is 6.07 Å². The van der Waals surface area contributed by atoms with Gasteiger partial charge in [0, 0.05) is 30.3 Å². The van der Waals surface area contributed by atoms with E-state index in [-0.39, 0.29) is 34.7 Å². The van der Waals surface area contributed by atoms with E-state index in [4.69, 9.17) is 0 Å². The molecule has 1 aliphatic heterocycles. The lowest BCUT2D eigenvalue weighted by atomic mass is 9.96. The molecule has 8 nitrogen and oxygen atoms in total. The Morgan fingerprint density at radius 2 is 1.94 bits per heavy atom. The summed E-state index contributed by atoms with van der Waals surface area (Å²) in [6, 6.07) is 6.49. The first-order valence-electron chi connectivity index (χ1n) is 11.6. The fourth-order valence-corrected chi connectivity index (χ4v) is 4.67. The summed E-state index contributed by atoms with van der Waals surface area (Å²) in [5.41, 5.74) is 1.81. The van der Waals surface area contributed by atoms with Crippen molar-refractivity contribution in [3.8, 4) is 11.3 Å². The van der Waals surface area contributed by atoms with Gasteiger partial charge < -0.3 is 20.3 Å². The highest BCUT2D eigenvalue weighted by Crippen LogP contribution is 2.31. The number of pyridine rings is 1. The van der Waals surface area contributed by atoms with Crippen LogP contribution in [0.5, 0.6) is 0 Å². The number of halogens is 2. The first kappa shape index (κ1) is 23.3. The topological polar surface area (TPSA) is 101 Å². The van der Waals surface area contributed by atoms with Crippen molar-refractivity contribution in [2.45, 2.75) is 39.3 Å². The van der Waals surface area contributed by atoms with Crippen LogP contribution in [0.2, 0.25) is 0 Å². The van der Waals surface area contributed by atoms with Crippen LogP contribution >= 0.6 is 0 Å². The lowest BCUT2D eigenvalue weighted by Crippen LogP contribution is -2.16. The van der Waals surface area contributed by atoms with E-state index in [9.17, 15) is 13.9 Å². The molecule has 3 aromatic heterocycles. The van der Waals surface area contributed by atoms with Crippen molar-refractivity contribution in [3.63, 3.8) is 0 Å². The van der Waals surface area contributed by atoms with Gasteiger partial charge in [0.25, 0.3) is 0 Å². The molecule has 4 aromatic rings. The zero-order chi connectivity index (χ0) is 24.7. The van der Waals surface area contributed by atoms with Crippen molar-refractivity contribution in [1.29, 1.82) is 0 Å². The van der Waals surface area contributed by atoms with E-state index in [1.54, 1.807) is 24.4 Å². The lowest BCUT2D eigenvalue weighted by Gasteiger charge is -2.17. The van der Waals surface area contributed by atoms with Crippen LogP contribution in [-0.2, 0) is 0 Å². The Morgan fingerprint density at radius 1 is 1.11 bits per heavy atom. The molecule has 1 aliphatic rings. The van der Waals surface area contributed by atoms with E-state index < -0.39 is 17.7 Å². The Hall–Kier alpha value is -3.50. The molecule has 182 valence electrons. The number of aromatic nitrogens is 5. The first-order valence-corrected chi connectivity index (χ1v) is 11.6. The first-order chi connectivity index (χ1) is 16.8. The molecule has 5 rings (SSSR count). The second-order valence-corrected chi connectivity index (χ2v) is 9.14. The molecule has 0 unspecified atom stereocenters. The van der Waals surface area contributed by atoms with Crippen molar-refractivity contribution in [2.24, 2.45) is 5.92 Å². The number of imidazole rings is 1. The van der Waals surface area contributed by atoms with E-state index >= 15 is 0 Å². The predicted molar refractivity (Wildman–Crippen MR) is 129 cm³/mol. The minimum atomic E-state index is -0.668. The van der Waals surface area contributed by atoms with E-state index in [2.05, 4.69) is 30.6 Å². The molecule has 0 bridgehead atoms. The number of aryl methyl sites for hydroxylation is 1. The van der Waals surface area contributed by atoms with Gasteiger partial charge in [0.05, 0.1) is 17.8 Å². The van der Waals surface area contributed by atoms with Gasteiger partial charge in [-0.15, -0.1) is 0 Å². The van der Waals surface area contributed by atoms with Gasteiger partial charge in [0.15, 0.2) is 11.6 Å². The molecule has 1 fully saturated rings. The smallest absolute Gasteiger partial charge is 0.229 e. The molecule has 1 aromatic carbocycles. The van der Waals surface area contributed by atoms with Crippen molar-refractivity contribution in [3.05, 3.63) is 59.7 Å². The lowest BCUT2D eigenvalue weighted by molar-refractivity contribution is 0.118. The highest BCUT2D eigenvalue weighted by molar-refractivity contribution is 5.83. The highest BCUT2D eigenvalue weighted by atomic mass is 19.1. The summed E-state index contributed by atoms with van der Waals surface area (Å²) in [6.45, 7) is 7.45. The summed E-state index contributed by atoms with van der Waals surface area (Å²) in [4.78, 5) is 17.0. The summed E-state index contributed by atoms with van der Waals surface area (Å²) in [6.07, 6.45) is 2.97. The zero-order valence-corrected chi connectivity index (χ0v) is 19.8. The molecule has 0 spiro atoms. The molecule has 0 amide bonds. The number of aliphatic hydroxyl groups excluding tert-OH is 1. The maximum atomic E-state index is 14.9. The van der Waals surface area contributed by atoms with Crippen LogP contribution in [0.3, 0.4) is 0 Å². The van der Waals surface area contributed by atoms with Gasteiger partial charge >= 0.3 is 0 Å². The van der Waals surface area contributed by atoms with Crippen LogP contribution in [0.4, 0.5) is 20.5 Å². The Labute approximate surface area is 201 Å². The molecule has 0 saturated carbocycles. The Bertz CT molecular complexity index is 1360. The summed E-state index contributed by atoms with van der Waals surface area (Å²) >= 11 is 0. The van der Waals surface area contributed by atoms with Crippen LogP contribution < -0.4 is 10.6 Å². The molecule has 0 aliphatic carbocycles. The van der Waals surface area contributed by atoms with Crippen LogP contribution in [0.1, 0.15) is 43.8 Å². The van der Waals surface area contributed by atoms with Gasteiger partial charge in [-0.05, 0) is 57.5 Å². The number of rotatable bonds is 6. The summed E-state index contributed by atoms with van der Waals surface area (Å²) in [5, 5.41) is 16.7. The monoisotopic (exact) mass is 479 g/mol. The van der Waals surface area contributed by atoms with E-state index in [0.717, 1.165) is 31.3 Å². The van der Waals surface area contributed by atoms with Gasteiger partial charge in [0.1, 0.15) is 22.9 Å². The van der Waals surface area contributed by atoms with Crippen molar-refractivity contribution < 1.29 is 13.9 Å². The predicted octanol–water partition coefficient (Wildman–Crippen LogP) is 4.44. The largest absolute Gasteiger partial charge is 0.388 e. The zero-order valence-electron chi connectivity index (χ0n) is 19.8. The number of nitrogens with one attached hydrogen (secondary N) is 2. The Kier molecular flexibility index (Phi) is 6.16. The number of fused-ring (bicyclic) bond motifs is 1. The molecule has 2 atom stereocenters. The maximum absolute atomic E-state index is 14.9. The molecule has 4 heterocycles. The maximum Gasteiger partial charge on any atom is 0.229 e. The van der Waals surface area contributed by atoms with Crippen LogP contribution in [0, 0.1) is 24.5 Å². The Balaban J connectivity index is 1.43. The minimum Gasteiger partial charge on any atom is -0.388 e. The van der Waals surface area contributed by atoms with Crippen molar-refractivity contribution in [1.82, 2.24) is 29.8 Å². The average Bonchev–Trinajstić information content (AvgIpc) is 3.48. The number of aliphatic hydroxyl groups is 1. The molecular weight excluding hydrogens is 452 g/mol. The third kappa shape index (κ3) is 4.46. The van der Waals surface area contributed by atoms with Gasteiger partial charge in [-0.25, -0.2) is 28.7 Å². The molecular formula is C25H27F2N7O. The quantitative estimate of drug-likeness (QED) is 0.376. The summed E-state index contributed by atoms with van der Waals surface area (Å²) in [5.74, 6) is 0.195. The number of nitrogens with zero attached hydrogens (tertiary/aromatic N) is 5. The van der Waals surface area contributed by atoms with E-state index in [1.165, 1.54) is 6.07 Å². The fraction of sp³-hybridized carbons (Fsp3) is 0.360. The fourth-order valence-electron chi connectivity index (χ4n) is 4.67. The van der Waals surface area contributed by atoms with Crippen molar-refractivity contribution in [2.75, 3.05) is 18.4 Å². The molecule has 10 heteroatoms. The summed E-state index contributed by atoms with van der Waals surface area (Å²) < 4.78 is 31.5. The standard InChI is InChI=1S/C25H27F2N7O/c1-13(2)34-14(3)31-23-18(26)8-17(9-20(23)34)22-19(27)12-30-25(33-22)32-21-5-4-15(11-29-21)24(35)16-6-7-28-10-16/h4-5,8-9,11-13,16,24,28,35H,6-7,10H2,1-3H3,(H,29,30,32,33)/t16-,24-/m0/s1. The molecule has 3 N–H and O–H groups in total. The average molecular weight is 480 g/mol. The van der Waals surface area contributed by atoms with Gasteiger partial charge in [0.2, 0.25) is 5.95 Å². The van der Waals surface area contributed by atoms with Crippen LogP contribution in [-0.4, -0.2) is 42.7 Å². The normalized spacial score (nSPS) is 16.8. The number of benzene rings is 1. The number of anilines is 2. The number of hydrogen-bond donors (Lipinski definition) is 3. The molecule has 0 radical (unpaired) electrons. The van der Waals surface area contributed by atoms with Crippen LogP contribution in [0.15, 0.2) is 36.7 Å². The molecule has 1 saturated heterocycles. The van der Waals surface area contributed by atoms with Crippen LogP contribution in [0.25, 0.3) is 22.3 Å². The van der Waals surface area contributed by atoms with E-state index in [0.29, 0.717) is 17.2 Å². The van der Waals surface area contributed by atoms with Gasteiger partial charge in [-0.2, -0.15) is 0 Å². The van der Waals surface area contributed by atoms with Gasteiger partial charge in [-0.3, -0.25) is 0 Å². The van der Waals surface area contributed by atoms with E-state index in [1.807, 2.05) is 25.3 Å². The summed E-state index contributed by atoms with van der Waals surface area (Å²) in [7, 11) is 0.